The Morgan fingerprint density at radius 2 is 1.75 bits per heavy atom. The Morgan fingerprint density at radius 1 is 1.33 bits per heavy atom. The fraction of sp³-hybridized carbons (Fsp3) is 0. The van der Waals surface area contributed by atoms with Crippen LogP contribution in [0.3, 0.4) is 0 Å². The van der Waals surface area contributed by atoms with E-state index in [0.29, 0.717) is 0 Å². The number of aromatic carboxylic acids is 1. The zero-order valence-corrected chi connectivity index (χ0v) is 9.86. The molecular formula is C7H5Cl2NaO2. The van der Waals surface area contributed by atoms with Crippen LogP contribution in [0.4, 0.5) is 0 Å². The van der Waals surface area contributed by atoms with Gasteiger partial charge in [-0.3, -0.25) is 0 Å². The molecule has 60 valence electrons. The average molecular weight is 215 g/mol. The Labute approximate surface area is 103 Å². The Hall–Kier alpha value is 0.270. The molecule has 0 spiro atoms. The molecule has 0 atom stereocenters. The molecule has 0 heterocycles. The van der Waals surface area contributed by atoms with Crippen LogP contribution >= 0.6 is 23.2 Å². The van der Waals surface area contributed by atoms with E-state index in [1.54, 1.807) is 6.07 Å². The largest absolute Gasteiger partial charge is 1.00 e. The van der Waals surface area contributed by atoms with E-state index in [1.807, 2.05) is 0 Å². The van der Waals surface area contributed by atoms with Gasteiger partial charge < -0.3 is 6.53 Å². The van der Waals surface area contributed by atoms with Gasteiger partial charge in [0.05, 0.1) is 15.6 Å². The maximum absolute atomic E-state index is 10.5. The normalized spacial score (nSPS) is 8.83. The first-order valence-electron chi connectivity index (χ1n) is 2.80. The van der Waals surface area contributed by atoms with Crippen molar-refractivity contribution in [2.24, 2.45) is 0 Å². The van der Waals surface area contributed by atoms with Gasteiger partial charge in [-0.05, 0) is 12.1 Å². The van der Waals surface area contributed by atoms with Crippen LogP contribution in [0.25, 0.3) is 0 Å². The van der Waals surface area contributed by atoms with Crippen molar-refractivity contribution in [2.45, 2.75) is 0 Å². The summed E-state index contributed by atoms with van der Waals surface area (Å²) >= 11 is 11.1. The molecule has 1 aromatic rings. The maximum atomic E-state index is 10.5. The number of rotatable bonds is 1. The van der Waals surface area contributed by atoms with Gasteiger partial charge >= 0.3 is 35.5 Å². The summed E-state index contributed by atoms with van der Waals surface area (Å²) in [5.74, 6) is -1.11. The van der Waals surface area contributed by atoms with Crippen LogP contribution in [0.1, 0.15) is 11.8 Å². The summed E-state index contributed by atoms with van der Waals surface area (Å²) in [5, 5.41) is 8.89. The summed E-state index contributed by atoms with van der Waals surface area (Å²) in [6.07, 6.45) is 0. The van der Waals surface area contributed by atoms with Gasteiger partial charge in [-0.2, -0.15) is 0 Å². The molecule has 2 nitrogen and oxygen atoms in total. The first kappa shape index (κ1) is 12.3. The van der Waals surface area contributed by atoms with E-state index in [0.717, 1.165) is 0 Å². The molecule has 0 aromatic heterocycles. The second kappa shape index (κ2) is 5.10. The summed E-state index contributed by atoms with van der Waals surface area (Å²) < 4.78 is 0. The third-order valence-corrected chi connectivity index (χ3v) is 1.81. The van der Waals surface area contributed by atoms with E-state index in [1.165, 1.54) is 12.1 Å². The summed E-state index contributed by atoms with van der Waals surface area (Å²) in [6, 6.07) is 4.56. The molecule has 1 aromatic carbocycles. The molecular weight excluding hydrogens is 210 g/mol. The molecule has 0 radical (unpaired) electrons. The molecule has 0 unspecified atom stereocenters. The molecule has 0 saturated heterocycles. The topological polar surface area (TPSA) is 37.3 Å². The smallest absolute Gasteiger partial charge is 1.00 e. The molecule has 0 saturated carbocycles. The van der Waals surface area contributed by atoms with Crippen LogP contribution < -0.4 is 29.6 Å². The van der Waals surface area contributed by atoms with Gasteiger partial charge in [-0.15, -0.1) is 0 Å². The van der Waals surface area contributed by atoms with Crippen LogP contribution in [0.15, 0.2) is 18.2 Å². The zero-order valence-electron chi connectivity index (χ0n) is 7.34. The van der Waals surface area contributed by atoms with E-state index in [4.69, 9.17) is 28.3 Å². The molecule has 0 aliphatic rings. The zero-order chi connectivity index (χ0) is 8.43. The van der Waals surface area contributed by atoms with Crippen LogP contribution in [0, 0.1) is 0 Å². The average Bonchev–Trinajstić information content (AvgIpc) is 1.85. The van der Waals surface area contributed by atoms with Crippen LogP contribution in [0.2, 0.25) is 10.0 Å². The maximum Gasteiger partial charge on any atom is 1.00 e. The minimum atomic E-state index is -1.11. The predicted octanol–water partition coefficient (Wildman–Crippen LogP) is -0.192. The van der Waals surface area contributed by atoms with Crippen molar-refractivity contribution in [3.63, 3.8) is 0 Å². The second-order valence-corrected chi connectivity index (χ2v) is 2.72. The number of carboxylic acid groups (broad SMARTS) is 1. The van der Waals surface area contributed by atoms with Gasteiger partial charge in [0.1, 0.15) is 0 Å². The minimum Gasteiger partial charge on any atom is -1.00 e. The van der Waals surface area contributed by atoms with Crippen LogP contribution in [0.5, 0.6) is 0 Å². The Morgan fingerprint density at radius 3 is 2.00 bits per heavy atom. The molecule has 0 bridgehead atoms. The second-order valence-electron chi connectivity index (χ2n) is 1.90. The first-order valence-corrected chi connectivity index (χ1v) is 3.56. The van der Waals surface area contributed by atoms with Gasteiger partial charge in [0.15, 0.2) is 0 Å². The van der Waals surface area contributed by atoms with Crippen molar-refractivity contribution < 1.29 is 40.9 Å². The molecule has 0 amide bonds. The number of benzene rings is 1. The first-order chi connectivity index (χ1) is 5.13. The van der Waals surface area contributed by atoms with Gasteiger partial charge in [-0.1, -0.05) is 29.3 Å². The number of carboxylic acids is 1. The molecule has 12 heavy (non-hydrogen) atoms. The number of halogens is 2. The van der Waals surface area contributed by atoms with Crippen molar-refractivity contribution >= 4 is 29.2 Å². The van der Waals surface area contributed by atoms with Gasteiger partial charge in [0, 0.05) is 0 Å². The van der Waals surface area contributed by atoms with Crippen molar-refractivity contribution in [1.82, 2.24) is 0 Å². The van der Waals surface area contributed by atoms with Crippen molar-refractivity contribution in [3.05, 3.63) is 33.8 Å². The number of hydrogen-bond acceptors (Lipinski definition) is 1. The quantitative estimate of drug-likeness (QED) is 0.659. The standard InChI is InChI=1S/C7H4Cl2O2.Na.H/c8-4-2-1-3-5(9)6(4)7(10)11;;/h1-3H,(H,10,11);;/q;+1;-1. The third kappa shape index (κ3) is 2.64. The molecule has 0 fully saturated rings. The van der Waals surface area contributed by atoms with Gasteiger partial charge in [0.2, 0.25) is 0 Å². The van der Waals surface area contributed by atoms with E-state index in [-0.39, 0.29) is 46.6 Å². The Kier molecular flexibility index (Phi) is 5.21. The monoisotopic (exact) mass is 214 g/mol. The summed E-state index contributed by atoms with van der Waals surface area (Å²) in [6.45, 7) is 0. The van der Waals surface area contributed by atoms with Crippen molar-refractivity contribution in [3.8, 4) is 0 Å². The Balaban J connectivity index is 0. The van der Waals surface area contributed by atoms with E-state index in [2.05, 4.69) is 0 Å². The third-order valence-electron chi connectivity index (χ3n) is 1.18. The number of hydrogen-bond donors (Lipinski definition) is 1. The molecule has 5 heteroatoms. The predicted molar refractivity (Wildman–Crippen MR) is 44.5 cm³/mol. The molecule has 1 N–H and O–H groups in total. The summed E-state index contributed by atoms with van der Waals surface area (Å²) in [7, 11) is 0. The fourth-order valence-corrected chi connectivity index (χ4v) is 1.26. The fourth-order valence-electron chi connectivity index (χ4n) is 0.702. The molecule has 0 aliphatic heterocycles. The van der Waals surface area contributed by atoms with E-state index >= 15 is 0 Å². The SMILES string of the molecule is O=C(O)c1c(Cl)cccc1Cl.[H-].[Na+]. The summed E-state index contributed by atoms with van der Waals surface area (Å²) in [4.78, 5) is 10.5. The number of carbonyl (C=O) groups is 1. The van der Waals surface area contributed by atoms with E-state index in [9.17, 15) is 4.79 Å². The Bertz CT molecular complexity index is 286. The van der Waals surface area contributed by atoms with Gasteiger partial charge in [-0.25, -0.2) is 4.79 Å². The molecule has 1 rings (SSSR count). The van der Waals surface area contributed by atoms with Crippen LogP contribution in [-0.4, -0.2) is 11.1 Å². The van der Waals surface area contributed by atoms with E-state index < -0.39 is 5.97 Å². The summed E-state index contributed by atoms with van der Waals surface area (Å²) in [5.41, 5.74) is -0.0455. The van der Waals surface area contributed by atoms with Crippen molar-refractivity contribution in [1.29, 1.82) is 0 Å². The molecule has 0 aliphatic carbocycles. The van der Waals surface area contributed by atoms with Crippen LogP contribution in [-0.2, 0) is 0 Å². The minimum absolute atomic E-state index is 0. The van der Waals surface area contributed by atoms with Crippen molar-refractivity contribution in [2.75, 3.05) is 0 Å². The van der Waals surface area contributed by atoms with Gasteiger partial charge in [0.25, 0.3) is 0 Å².